The quantitative estimate of drug-likeness (QED) is 0.0840. The molecule has 280 valence electrons. The van der Waals surface area contributed by atoms with E-state index in [-0.39, 0.29) is 63.9 Å². The van der Waals surface area contributed by atoms with Gasteiger partial charge in [-0.15, -0.1) is 0 Å². The summed E-state index contributed by atoms with van der Waals surface area (Å²) >= 11 is 0. The lowest BCUT2D eigenvalue weighted by Gasteiger charge is -2.42. The molecule has 1 aliphatic rings. The van der Waals surface area contributed by atoms with Crippen LogP contribution in [0.25, 0.3) is 0 Å². The van der Waals surface area contributed by atoms with E-state index < -0.39 is 30.1 Å². The summed E-state index contributed by atoms with van der Waals surface area (Å²) < 4.78 is 46.0. The number of benzene rings is 2. The second-order valence-corrected chi connectivity index (χ2v) is 13.1. The Kier molecular flexibility index (Phi) is 18.9. The van der Waals surface area contributed by atoms with Crippen LogP contribution in [0.1, 0.15) is 83.8 Å². The first-order valence-corrected chi connectivity index (χ1v) is 17.4. The summed E-state index contributed by atoms with van der Waals surface area (Å²) in [7, 11) is 0. The Morgan fingerprint density at radius 3 is 1.72 bits per heavy atom. The number of hydrogen-bond acceptors (Lipinski definition) is 12. The maximum Gasteiger partial charge on any atom is 0.302 e. The number of aliphatic hydroxyl groups is 2. The van der Waals surface area contributed by atoms with E-state index in [9.17, 15) is 19.8 Å². The summed E-state index contributed by atoms with van der Waals surface area (Å²) in [4.78, 5) is 22.7. The molecule has 0 saturated carbocycles. The average Bonchev–Trinajstić information content (AvgIpc) is 3.04. The van der Waals surface area contributed by atoms with Crippen molar-refractivity contribution >= 4 is 11.9 Å². The van der Waals surface area contributed by atoms with Crippen molar-refractivity contribution in [3.63, 3.8) is 0 Å². The van der Waals surface area contributed by atoms with Crippen molar-refractivity contribution in [1.82, 2.24) is 0 Å². The Bertz CT molecular complexity index is 1210. The van der Waals surface area contributed by atoms with Gasteiger partial charge in [0.15, 0.2) is 5.79 Å². The Morgan fingerprint density at radius 1 is 0.720 bits per heavy atom. The van der Waals surface area contributed by atoms with Gasteiger partial charge in [0.2, 0.25) is 0 Å². The molecule has 50 heavy (non-hydrogen) atoms. The standard InChI is InChI=1S/C38H56O12/c1-28(39)45-17-15-34(47-26-43-24-30-11-7-5-8-12-30)20-32(41)19-33(42)21-36-23-37(50-38(3,4)49-36)22-35(16-18-46-29(2)40)48-27-44-25-31-13-9-6-10-14-31/h5-14,32-37,41-42H,15-27H2,1-4H3/t32-,33+,34-,35-,36-,37-/m1/s1. The summed E-state index contributed by atoms with van der Waals surface area (Å²) in [5.74, 6) is -1.66. The van der Waals surface area contributed by atoms with Gasteiger partial charge in [-0.1, -0.05) is 60.7 Å². The highest BCUT2D eigenvalue weighted by molar-refractivity contribution is 5.66. The van der Waals surface area contributed by atoms with Crippen LogP contribution in [0.3, 0.4) is 0 Å². The minimum absolute atomic E-state index is 0.00598. The van der Waals surface area contributed by atoms with Gasteiger partial charge in [0.25, 0.3) is 0 Å². The van der Waals surface area contributed by atoms with Crippen molar-refractivity contribution in [2.75, 3.05) is 26.8 Å². The molecule has 0 bridgehead atoms. The molecule has 1 saturated heterocycles. The number of carbonyl (C=O) groups excluding carboxylic acids is 2. The molecule has 12 heteroatoms. The molecule has 1 heterocycles. The average molecular weight is 705 g/mol. The fourth-order valence-corrected chi connectivity index (χ4v) is 5.88. The van der Waals surface area contributed by atoms with Gasteiger partial charge in [-0.2, -0.15) is 0 Å². The molecule has 6 atom stereocenters. The van der Waals surface area contributed by atoms with Gasteiger partial charge in [-0.3, -0.25) is 9.59 Å². The highest BCUT2D eigenvalue weighted by Gasteiger charge is 2.37. The van der Waals surface area contributed by atoms with Gasteiger partial charge in [-0.05, 0) is 44.2 Å². The first-order chi connectivity index (χ1) is 24.0. The summed E-state index contributed by atoms with van der Waals surface area (Å²) in [5.41, 5.74) is 2.04. The van der Waals surface area contributed by atoms with Crippen molar-refractivity contribution in [1.29, 1.82) is 0 Å². The van der Waals surface area contributed by atoms with E-state index >= 15 is 0 Å². The molecular weight excluding hydrogens is 648 g/mol. The van der Waals surface area contributed by atoms with Crippen molar-refractivity contribution in [2.24, 2.45) is 0 Å². The summed E-state index contributed by atoms with van der Waals surface area (Å²) in [5, 5.41) is 21.9. The lowest BCUT2D eigenvalue weighted by Crippen LogP contribution is -2.47. The molecule has 0 spiro atoms. The lowest BCUT2D eigenvalue weighted by molar-refractivity contribution is -0.307. The van der Waals surface area contributed by atoms with Gasteiger partial charge in [0.05, 0.1) is 63.1 Å². The van der Waals surface area contributed by atoms with E-state index in [1.165, 1.54) is 13.8 Å². The summed E-state index contributed by atoms with van der Waals surface area (Å²) in [6, 6.07) is 19.5. The molecule has 2 N–H and O–H groups in total. The summed E-state index contributed by atoms with van der Waals surface area (Å²) in [6.07, 6.45) is -0.607. The van der Waals surface area contributed by atoms with Crippen LogP contribution in [0, 0.1) is 0 Å². The number of hydrogen-bond donors (Lipinski definition) is 2. The van der Waals surface area contributed by atoms with E-state index in [4.69, 9.17) is 37.9 Å². The SMILES string of the molecule is CC(=O)OCC[C@H](C[C@H](O)C[C@H](O)C[C@@H]1C[C@@H](C[C@@H](CCOC(C)=O)OCOCc2ccccc2)OC(C)(C)O1)OCOCc1ccccc1. The maximum atomic E-state index is 11.4. The van der Waals surface area contributed by atoms with E-state index in [2.05, 4.69) is 0 Å². The third kappa shape index (κ3) is 18.3. The van der Waals surface area contributed by atoms with Crippen molar-refractivity contribution in [3.05, 3.63) is 71.8 Å². The van der Waals surface area contributed by atoms with Crippen LogP contribution >= 0.6 is 0 Å². The molecule has 0 radical (unpaired) electrons. The minimum atomic E-state index is -0.911. The van der Waals surface area contributed by atoms with Crippen molar-refractivity contribution in [3.8, 4) is 0 Å². The highest BCUT2D eigenvalue weighted by atomic mass is 16.7. The zero-order valence-electron chi connectivity index (χ0n) is 29.9. The number of carbonyl (C=O) groups is 2. The predicted octanol–water partition coefficient (Wildman–Crippen LogP) is 5.20. The molecule has 12 nitrogen and oxygen atoms in total. The Labute approximate surface area is 296 Å². The Hall–Kier alpha value is -2.94. The minimum Gasteiger partial charge on any atom is -0.466 e. The van der Waals surface area contributed by atoms with Gasteiger partial charge < -0.3 is 48.1 Å². The molecule has 2 aromatic carbocycles. The zero-order valence-corrected chi connectivity index (χ0v) is 29.9. The van der Waals surface area contributed by atoms with Gasteiger partial charge in [0.1, 0.15) is 13.6 Å². The van der Waals surface area contributed by atoms with Crippen LogP contribution in [0.2, 0.25) is 0 Å². The van der Waals surface area contributed by atoms with E-state index in [1.807, 2.05) is 74.5 Å². The molecule has 0 aliphatic carbocycles. The van der Waals surface area contributed by atoms with Gasteiger partial charge >= 0.3 is 11.9 Å². The van der Waals surface area contributed by atoms with E-state index in [0.29, 0.717) is 45.3 Å². The zero-order chi connectivity index (χ0) is 36.2. The van der Waals surface area contributed by atoms with Crippen molar-refractivity contribution < 1.29 is 57.7 Å². The molecular formula is C38H56O12. The number of rotatable bonds is 24. The monoisotopic (exact) mass is 704 g/mol. The fourth-order valence-electron chi connectivity index (χ4n) is 5.88. The van der Waals surface area contributed by atoms with Crippen LogP contribution in [0.4, 0.5) is 0 Å². The third-order valence-corrected chi connectivity index (χ3v) is 8.05. The van der Waals surface area contributed by atoms with Crippen LogP contribution in [0.15, 0.2) is 60.7 Å². The molecule has 0 unspecified atom stereocenters. The van der Waals surface area contributed by atoms with Crippen molar-refractivity contribution in [2.45, 2.75) is 128 Å². The Morgan fingerprint density at radius 2 is 1.20 bits per heavy atom. The fraction of sp³-hybridized carbons (Fsp3) is 0.632. The highest BCUT2D eigenvalue weighted by Crippen LogP contribution is 2.32. The molecule has 3 rings (SSSR count). The van der Waals surface area contributed by atoms with Crippen LogP contribution in [0.5, 0.6) is 0 Å². The second kappa shape index (κ2) is 22.8. The summed E-state index contributed by atoms with van der Waals surface area (Å²) in [6.45, 7) is 7.57. The number of esters is 2. The maximum absolute atomic E-state index is 11.4. The third-order valence-electron chi connectivity index (χ3n) is 8.05. The first kappa shape index (κ1) is 41.5. The normalized spacial score (nSPS) is 19.6. The molecule has 1 fully saturated rings. The topological polar surface area (TPSA) is 148 Å². The van der Waals surface area contributed by atoms with Gasteiger partial charge in [0, 0.05) is 39.5 Å². The predicted molar refractivity (Wildman–Crippen MR) is 183 cm³/mol. The van der Waals surface area contributed by atoms with Crippen LogP contribution in [-0.2, 0) is 60.7 Å². The second-order valence-electron chi connectivity index (χ2n) is 13.1. The van der Waals surface area contributed by atoms with Crippen LogP contribution in [-0.4, -0.2) is 91.4 Å². The first-order valence-electron chi connectivity index (χ1n) is 17.4. The number of ether oxygens (including phenoxy) is 8. The molecule has 1 aliphatic heterocycles. The molecule has 0 aromatic heterocycles. The van der Waals surface area contributed by atoms with E-state index in [1.54, 1.807) is 0 Å². The largest absolute Gasteiger partial charge is 0.466 e. The van der Waals surface area contributed by atoms with Gasteiger partial charge in [-0.25, -0.2) is 0 Å². The molecule has 2 aromatic rings. The Balaban J connectivity index is 1.48. The lowest BCUT2D eigenvalue weighted by atomic mass is 9.95. The number of aliphatic hydroxyl groups excluding tert-OH is 2. The van der Waals surface area contributed by atoms with Crippen LogP contribution < -0.4 is 0 Å². The smallest absolute Gasteiger partial charge is 0.302 e. The van der Waals surface area contributed by atoms with E-state index in [0.717, 1.165) is 11.1 Å². The molecule has 0 amide bonds.